The zero-order valence-corrected chi connectivity index (χ0v) is 21.2. The fourth-order valence-electron chi connectivity index (χ4n) is 5.62. The number of hydrogen-bond donors (Lipinski definition) is 3. The summed E-state index contributed by atoms with van der Waals surface area (Å²) in [6.07, 6.45) is -4.55. The minimum absolute atomic E-state index is 0.0352. The van der Waals surface area contributed by atoms with Gasteiger partial charge in [-0.05, 0) is 41.9 Å². The lowest BCUT2D eigenvalue weighted by atomic mass is 9.87. The van der Waals surface area contributed by atoms with Gasteiger partial charge in [0.2, 0.25) is 17.7 Å². The zero-order valence-electron chi connectivity index (χ0n) is 21.2. The minimum atomic E-state index is -5.16. The molecule has 9 nitrogen and oxygen atoms in total. The van der Waals surface area contributed by atoms with Crippen LogP contribution in [0.1, 0.15) is 53.9 Å². The van der Waals surface area contributed by atoms with Crippen molar-refractivity contribution < 1.29 is 32.3 Å². The normalized spacial score (nSPS) is 28.4. The van der Waals surface area contributed by atoms with Crippen LogP contribution in [0.25, 0.3) is 0 Å². The summed E-state index contributed by atoms with van der Waals surface area (Å²) in [5.41, 5.74) is -0.854. The summed E-state index contributed by atoms with van der Waals surface area (Å²) in [5.74, 6) is -4.41. The molecule has 1 aliphatic carbocycles. The number of alkyl halides is 3. The van der Waals surface area contributed by atoms with Crippen LogP contribution in [-0.2, 0) is 19.2 Å². The molecule has 1 saturated carbocycles. The van der Waals surface area contributed by atoms with Gasteiger partial charge in [0.1, 0.15) is 18.1 Å². The van der Waals surface area contributed by atoms with E-state index >= 15 is 0 Å². The molecule has 2 heterocycles. The Bertz CT molecular complexity index is 968. The molecule has 2 saturated heterocycles. The van der Waals surface area contributed by atoms with Crippen molar-refractivity contribution in [2.24, 2.45) is 28.6 Å². The van der Waals surface area contributed by atoms with Crippen molar-refractivity contribution >= 4 is 23.6 Å². The van der Waals surface area contributed by atoms with Crippen LogP contribution in [0.15, 0.2) is 0 Å². The average molecular weight is 514 g/mol. The number of amides is 4. The fraction of sp³-hybridized carbons (Fsp3) is 0.792. The lowest BCUT2D eigenvalue weighted by molar-refractivity contribution is -0.175. The van der Waals surface area contributed by atoms with Crippen LogP contribution in [0.2, 0.25) is 0 Å². The van der Waals surface area contributed by atoms with Gasteiger partial charge in [0, 0.05) is 19.0 Å². The lowest BCUT2D eigenvalue weighted by Gasteiger charge is -2.35. The van der Waals surface area contributed by atoms with Crippen LogP contribution < -0.4 is 16.0 Å². The number of fused-ring (bicyclic) bond motifs is 1. The quantitative estimate of drug-likeness (QED) is 0.475. The number of nitriles is 1. The molecule has 3 N–H and O–H groups in total. The first-order valence-electron chi connectivity index (χ1n) is 12.1. The number of carbonyl (C=O) groups excluding carboxylic acids is 4. The number of likely N-dealkylation sites (tertiary alicyclic amines) is 1. The van der Waals surface area contributed by atoms with Gasteiger partial charge in [0.05, 0.1) is 6.07 Å². The molecule has 0 aromatic heterocycles. The van der Waals surface area contributed by atoms with Gasteiger partial charge in [-0.25, -0.2) is 0 Å². The van der Waals surface area contributed by atoms with Crippen molar-refractivity contribution in [2.75, 3.05) is 13.1 Å². The molecule has 0 aromatic rings. The summed E-state index contributed by atoms with van der Waals surface area (Å²) < 4.78 is 38.9. The Morgan fingerprint density at radius 3 is 2.36 bits per heavy atom. The average Bonchev–Trinajstić information content (AvgIpc) is 3.09. The van der Waals surface area contributed by atoms with Crippen LogP contribution >= 0.6 is 0 Å². The SMILES string of the molecule is CC(C)(C)C[C@H](NC(=O)C(F)(F)F)C(=O)N1C[C@H]2[C@@H]([C@H]1C(=O)N[C@H](C#N)C[C@@H]1CCNC1=O)C2(C)C. The van der Waals surface area contributed by atoms with E-state index in [4.69, 9.17) is 0 Å². The van der Waals surface area contributed by atoms with E-state index < -0.39 is 53.4 Å². The largest absolute Gasteiger partial charge is 0.471 e. The summed E-state index contributed by atoms with van der Waals surface area (Å²) in [6, 6.07) is -1.42. The molecule has 3 fully saturated rings. The van der Waals surface area contributed by atoms with E-state index in [0.29, 0.717) is 13.0 Å². The minimum Gasteiger partial charge on any atom is -0.356 e. The molecule has 4 amide bonds. The van der Waals surface area contributed by atoms with E-state index in [9.17, 15) is 37.6 Å². The maximum atomic E-state index is 13.5. The Morgan fingerprint density at radius 1 is 1.22 bits per heavy atom. The zero-order chi connectivity index (χ0) is 27.2. The van der Waals surface area contributed by atoms with Gasteiger partial charge in [0.25, 0.3) is 0 Å². The van der Waals surface area contributed by atoms with Gasteiger partial charge < -0.3 is 20.9 Å². The molecule has 0 bridgehead atoms. The Hall–Kier alpha value is -2.84. The molecule has 200 valence electrons. The van der Waals surface area contributed by atoms with Crippen LogP contribution in [0.5, 0.6) is 0 Å². The number of rotatable bonds is 7. The molecule has 0 aromatic carbocycles. The predicted molar refractivity (Wildman–Crippen MR) is 122 cm³/mol. The highest BCUT2D eigenvalue weighted by Crippen LogP contribution is 2.65. The number of piperidine rings is 1. The molecule has 0 unspecified atom stereocenters. The highest BCUT2D eigenvalue weighted by Gasteiger charge is 2.69. The van der Waals surface area contributed by atoms with Crippen LogP contribution in [0.4, 0.5) is 13.2 Å². The fourth-order valence-corrected chi connectivity index (χ4v) is 5.62. The Morgan fingerprint density at radius 2 is 1.86 bits per heavy atom. The maximum absolute atomic E-state index is 13.5. The predicted octanol–water partition coefficient (Wildman–Crippen LogP) is 1.49. The van der Waals surface area contributed by atoms with Crippen LogP contribution in [-0.4, -0.2) is 65.9 Å². The van der Waals surface area contributed by atoms with Crippen molar-refractivity contribution in [1.29, 1.82) is 5.26 Å². The number of hydrogen-bond acceptors (Lipinski definition) is 5. The Kier molecular flexibility index (Phi) is 7.37. The maximum Gasteiger partial charge on any atom is 0.471 e. The Balaban J connectivity index is 1.80. The summed E-state index contributed by atoms with van der Waals surface area (Å²) >= 11 is 0. The first-order valence-corrected chi connectivity index (χ1v) is 12.1. The molecule has 0 spiro atoms. The second-order valence-electron chi connectivity index (χ2n) is 11.9. The van der Waals surface area contributed by atoms with Gasteiger partial charge in [-0.1, -0.05) is 34.6 Å². The van der Waals surface area contributed by atoms with Crippen molar-refractivity contribution in [3.8, 4) is 6.07 Å². The molecular weight excluding hydrogens is 479 g/mol. The van der Waals surface area contributed by atoms with E-state index in [1.54, 1.807) is 20.8 Å². The van der Waals surface area contributed by atoms with E-state index in [-0.39, 0.29) is 42.5 Å². The molecule has 3 aliphatic rings. The van der Waals surface area contributed by atoms with E-state index in [0.717, 1.165) is 0 Å². The summed E-state index contributed by atoms with van der Waals surface area (Å²) in [7, 11) is 0. The highest BCUT2D eigenvalue weighted by molar-refractivity contribution is 5.94. The third kappa shape index (κ3) is 5.76. The van der Waals surface area contributed by atoms with Crippen molar-refractivity contribution in [3.05, 3.63) is 0 Å². The smallest absolute Gasteiger partial charge is 0.356 e. The van der Waals surface area contributed by atoms with E-state index in [1.165, 1.54) is 4.90 Å². The van der Waals surface area contributed by atoms with Gasteiger partial charge >= 0.3 is 12.1 Å². The second-order valence-corrected chi connectivity index (χ2v) is 11.9. The van der Waals surface area contributed by atoms with Crippen LogP contribution in [0.3, 0.4) is 0 Å². The number of halogens is 3. The summed E-state index contributed by atoms with van der Waals surface area (Å²) in [6.45, 7) is 9.77. The number of carbonyl (C=O) groups is 4. The van der Waals surface area contributed by atoms with Crippen molar-refractivity contribution in [3.63, 3.8) is 0 Å². The monoisotopic (exact) mass is 513 g/mol. The van der Waals surface area contributed by atoms with Gasteiger partial charge in [-0.3, -0.25) is 19.2 Å². The highest BCUT2D eigenvalue weighted by atomic mass is 19.4. The Labute approximate surface area is 208 Å². The topological polar surface area (TPSA) is 131 Å². The molecule has 36 heavy (non-hydrogen) atoms. The third-order valence-corrected chi connectivity index (χ3v) is 7.59. The first-order chi connectivity index (χ1) is 16.5. The van der Waals surface area contributed by atoms with Crippen molar-refractivity contribution in [2.45, 2.75) is 78.2 Å². The summed E-state index contributed by atoms with van der Waals surface area (Å²) in [4.78, 5) is 51.7. The van der Waals surface area contributed by atoms with Gasteiger partial charge in [-0.2, -0.15) is 18.4 Å². The lowest BCUT2D eigenvalue weighted by Crippen LogP contribution is -2.58. The van der Waals surface area contributed by atoms with E-state index in [2.05, 4.69) is 10.6 Å². The molecule has 3 rings (SSSR count). The third-order valence-electron chi connectivity index (χ3n) is 7.59. The molecule has 12 heteroatoms. The van der Waals surface area contributed by atoms with Crippen LogP contribution in [0, 0.1) is 39.9 Å². The summed E-state index contributed by atoms with van der Waals surface area (Å²) in [5, 5.41) is 16.7. The number of nitrogens with one attached hydrogen (secondary N) is 3. The van der Waals surface area contributed by atoms with Gasteiger partial charge in [-0.15, -0.1) is 0 Å². The molecular formula is C24H34F3N5O4. The molecule has 2 aliphatic heterocycles. The van der Waals surface area contributed by atoms with Crippen molar-refractivity contribution in [1.82, 2.24) is 20.9 Å². The standard InChI is InChI=1S/C24H34F3N5O4/c1-22(2,3)9-15(31-21(36)24(25,26)27)20(35)32-11-14-16(23(14,4)5)17(32)19(34)30-13(10-28)8-12-6-7-29-18(12)33/h12-17H,6-9,11H2,1-5H3,(H,29,33)(H,30,34)(H,31,36)/t12-,13-,14-,15-,16-,17-/m0/s1. The number of nitrogens with zero attached hydrogens (tertiary/aromatic N) is 2. The molecule has 0 radical (unpaired) electrons. The first kappa shape index (κ1) is 27.7. The molecule has 6 atom stereocenters. The van der Waals surface area contributed by atoms with Gasteiger partial charge in [0.15, 0.2) is 0 Å². The van der Waals surface area contributed by atoms with E-state index in [1.807, 2.05) is 25.2 Å². The second kappa shape index (κ2) is 9.56.